The molecule has 174 valence electrons. The van der Waals surface area contributed by atoms with E-state index in [9.17, 15) is 27.9 Å². The highest BCUT2D eigenvalue weighted by molar-refractivity contribution is 6.30. The van der Waals surface area contributed by atoms with Gasteiger partial charge in [0.05, 0.1) is 5.56 Å². The Morgan fingerprint density at radius 1 is 1.06 bits per heavy atom. The van der Waals surface area contributed by atoms with Gasteiger partial charge in [-0.2, -0.15) is 13.2 Å². The summed E-state index contributed by atoms with van der Waals surface area (Å²) in [4.78, 5) is 24.9. The monoisotopic (exact) mass is 472 g/mol. The van der Waals surface area contributed by atoms with Gasteiger partial charge in [-0.25, -0.2) is 0 Å². The fraction of sp³-hybridized carbons (Fsp3) is 0.364. The zero-order valence-electron chi connectivity index (χ0n) is 17.4. The molecule has 2 aromatic rings. The SMILES string of the molecule is CC(C)C(NC(=O)c1ccc(Cl)cc1)C(=O)NCC(O)COc1ccc(C(F)(F)F)cc1. The Kier molecular flexibility index (Phi) is 8.91. The van der Waals surface area contributed by atoms with E-state index in [2.05, 4.69) is 10.6 Å². The molecule has 2 atom stereocenters. The molecule has 0 aliphatic heterocycles. The summed E-state index contributed by atoms with van der Waals surface area (Å²) in [6.07, 6.45) is -5.56. The number of benzene rings is 2. The van der Waals surface area contributed by atoms with Gasteiger partial charge >= 0.3 is 6.18 Å². The molecule has 32 heavy (non-hydrogen) atoms. The molecular weight excluding hydrogens is 449 g/mol. The van der Waals surface area contributed by atoms with Crippen molar-refractivity contribution in [3.8, 4) is 5.75 Å². The number of carbonyl (C=O) groups excluding carboxylic acids is 2. The second kappa shape index (κ2) is 11.2. The minimum absolute atomic E-state index is 0.152. The average Bonchev–Trinajstić information content (AvgIpc) is 2.74. The first-order valence-corrected chi connectivity index (χ1v) is 10.2. The first kappa shape index (κ1) is 25.5. The number of halogens is 4. The van der Waals surface area contributed by atoms with E-state index in [1.807, 2.05) is 0 Å². The fourth-order valence-corrected chi connectivity index (χ4v) is 2.81. The van der Waals surface area contributed by atoms with Crippen LogP contribution in [-0.2, 0) is 11.0 Å². The highest BCUT2D eigenvalue weighted by Crippen LogP contribution is 2.30. The lowest BCUT2D eigenvalue weighted by Crippen LogP contribution is -2.51. The van der Waals surface area contributed by atoms with Crippen LogP contribution < -0.4 is 15.4 Å². The van der Waals surface area contributed by atoms with Crippen LogP contribution >= 0.6 is 11.6 Å². The van der Waals surface area contributed by atoms with Crippen molar-refractivity contribution in [1.29, 1.82) is 0 Å². The standard InChI is InChI=1S/C22H24ClF3N2O4/c1-13(2)19(28-20(30)14-3-7-16(23)8-4-14)21(31)27-11-17(29)12-32-18-9-5-15(6-10-18)22(24,25)26/h3-10,13,17,19,29H,11-12H2,1-2H3,(H,27,31)(H,28,30). The molecule has 0 aliphatic rings. The number of aliphatic hydroxyl groups is 1. The highest BCUT2D eigenvalue weighted by Gasteiger charge is 2.30. The molecule has 3 N–H and O–H groups in total. The molecule has 2 amide bonds. The molecule has 2 rings (SSSR count). The average molecular weight is 473 g/mol. The maximum absolute atomic E-state index is 12.6. The molecule has 2 aromatic carbocycles. The lowest BCUT2D eigenvalue weighted by molar-refractivity contribution is -0.137. The molecule has 0 aliphatic carbocycles. The summed E-state index contributed by atoms with van der Waals surface area (Å²) < 4.78 is 43.0. The van der Waals surface area contributed by atoms with Crippen LogP contribution in [-0.4, -0.2) is 42.2 Å². The zero-order chi connectivity index (χ0) is 23.9. The molecule has 0 radical (unpaired) electrons. The zero-order valence-corrected chi connectivity index (χ0v) is 18.2. The number of carbonyl (C=O) groups is 2. The number of nitrogens with one attached hydrogen (secondary N) is 2. The summed E-state index contributed by atoms with van der Waals surface area (Å²) in [5, 5.41) is 15.7. The van der Waals surface area contributed by atoms with Gasteiger partial charge in [-0.3, -0.25) is 9.59 Å². The number of rotatable bonds is 9. The summed E-state index contributed by atoms with van der Waals surface area (Å²) in [6, 6.07) is 9.40. The van der Waals surface area contributed by atoms with E-state index < -0.39 is 35.7 Å². The highest BCUT2D eigenvalue weighted by atomic mass is 35.5. The quantitative estimate of drug-likeness (QED) is 0.519. The molecule has 0 saturated heterocycles. The summed E-state index contributed by atoms with van der Waals surface area (Å²) >= 11 is 5.81. The van der Waals surface area contributed by atoms with E-state index in [0.29, 0.717) is 10.6 Å². The minimum atomic E-state index is -4.45. The van der Waals surface area contributed by atoms with Gasteiger partial charge in [-0.1, -0.05) is 25.4 Å². The number of aliphatic hydroxyl groups excluding tert-OH is 1. The number of hydrogen-bond donors (Lipinski definition) is 3. The maximum Gasteiger partial charge on any atom is 0.416 e. The Morgan fingerprint density at radius 3 is 2.19 bits per heavy atom. The van der Waals surface area contributed by atoms with Gasteiger partial charge in [-0.15, -0.1) is 0 Å². The number of amides is 2. The lowest BCUT2D eigenvalue weighted by Gasteiger charge is -2.22. The van der Waals surface area contributed by atoms with Crippen LogP contribution in [0.1, 0.15) is 29.8 Å². The molecule has 0 heterocycles. The second-order valence-electron chi connectivity index (χ2n) is 7.43. The molecule has 2 unspecified atom stereocenters. The normalized spacial score (nSPS) is 13.4. The van der Waals surface area contributed by atoms with E-state index in [1.165, 1.54) is 12.1 Å². The smallest absolute Gasteiger partial charge is 0.416 e. The first-order valence-electron chi connectivity index (χ1n) is 9.79. The molecule has 0 bridgehead atoms. The largest absolute Gasteiger partial charge is 0.491 e. The van der Waals surface area contributed by atoms with Crippen LogP contribution in [0, 0.1) is 5.92 Å². The molecular formula is C22H24ClF3N2O4. The Morgan fingerprint density at radius 2 is 1.66 bits per heavy atom. The van der Waals surface area contributed by atoms with Gasteiger partial charge in [0, 0.05) is 17.1 Å². The number of hydrogen-bond acceptors (Lipinski definition) is 4. The molecule has 6 nitrogen and oxygen atoms in total. The third-order valence-corrected chi connectivity index (χ3v) is 4.73. The van der Waals surface area contributed by atoms with Crippen LogP contribution in [0.25, 0.3) is 0 Å². The van der Waals surface area contributed by atoms with Crippen molar-refractivity contribution in [3.63, 3.8) is 0 Å². The van der Waals surface area contributed by atoms with Crippen molar-refractivity contribution >= 4 is 23.4 Å². The van der Waals surface area contributed by atoms with E-state index >= 15 is 0 Å². The molecule has 0 aromatic heterocycles. The van der Waals surface area contributed by atoms with Gasteiger partial charge in [0.15, 0.2) is 0 Å². The van der Waals surface area contributed by atoms with E-state index in [1.54, 1.807) is 26.0 Å². The lowest BCUT2D eigenvalue weighted by atomic mass is 10.0. The van der Waals surface area contributed by atoms with Gasteiger partial charge in [0.25, 0.3) is 5.91 Å². The summed E-state index contributed by atoms with van der Waals surface area (Å²) in [6.45, 7) is 3.11. The minimum Gasteiger partial charge on any atom is -0.491 e. The summed E-state index contributed by atoms with van der Waals surface area (Å²) in [5.74, 6) is -1.01. The number of ether oxygens (including phenoxy) is 1. The second-order valence-corrected chi connectivity index (χ2v) is 7.87. The van der Waals surface area contributed by atoms with Crippen molar-refractivity contribution in [2.75, 3.05) is 13.2 Å². The molecule has 0 spiro atoms. The Bertz CT molecular complexity index is 903. The molecule has 0 fully saturated rings. The third-order valence-electron chi connectivity index (χ3n) is 4.48. The van der Waals surface area contributed by atoms with Gasteiger partial charge < -0.3 is 20.5 Å². The Balaban J connectivity index is 1.84. The predicted octanol–water partition coefficient (Wildman–Crippen LogP) is 3.67. The van der Waals surface area contributed by atoms with Crippen molar-refractivity contribution in [1.82, 2.24) is 10.6 Å². The van der Waals surface area contributed by atoms with E-state index in [4.69, 9.17) is 16.3 Å². The fourth-order valence-electron chi connectivity index (χ4n) is 2.68. The van der Waals surface area contributed by atoms with Gasteiger partial charge in [-0.05, 0) is 54.4 Å². The van der Waals surface area contributed by atoms with Crippen LogP contribution in [0.15, 0.2) is 48.5 Å². The molecule has 10 heteroatoms. The Hall–Kier alpha value is -2.78. The maximum atomic E-state index is 12.6. The van der Waals surface area contributed by atoms with Crippen molar-refractivity contribution in [2.45, 2.75) is 32.2 Å². The van der Waals surface area contributed by atoms with E-state index in [-0.39, 0.29) is 24.8 Å². The van der Waals surface area contributed by atoms with Gasteiger partial charge in [0.2, 0.25) is 5.91 Å². The number of alkyl halides is 3. The topological polar surface area (TPSA) is 87.7 Å². The summed E-state index contributed by atoms with van der Waals surface area (Å²) in [7, 11) is 0. The van der Waals surface area contributed by atoms with Crippen LogP contribution in [0.3, 0.4) is 0 Å². The first-order chi connectivity index (χ1) is 15.0. The van der Waals surface area contributed by atoms with Crippen molar-refractivity contribution < 1.29 is 32.6 Å². The van der Waals surface area contributed by atoms with Crippen molar-refractivity contribution in [2.24, 2.45) is 5.92 Å². The molecule has 0 saturated carbocycles. The van der Waals surface area contributed by atoms with E-state index in [0.717, 1.165) is 24.3 Å². The predicted molar refractivity (Wildman–Crippen MR) is 113 cm³/mol. The third kappa shape index (κ3) is 7.72. The Labute approximate surface area is 188 Å². The van der Waals surface area contributed by atoms with Gasteiger partial charge in [0.1, 0.15) is 24.5 Å². The van der Waals surface area contributed by atoms with Crippen LogP contribution in [0.2, 0.25) is 5.02 Å². The summed E-state index contributed by atoms with van der Waals surface area (Å²) in [5.41, 5.74) is -0.462. The van der Waals surface area contributed by atoms with Crippen molar-refractivity contribution in [3.05, 3.63) is 64.7 Å². The van der Waals surface area contributed by atoms with Crippen LogP contribution in [0.4, 0.5) is 13.2 Å². The van der Waals surface area contributed by atoms with Crippen LogP contribution in [0.5, 0.6) is 5.75 Å².